The Morgan fingerprint density at radius 2 is 1.88 bits per heavy atom. The minimum atomic E-state index is -0.677. The number of anilines is 1. The number of rotatable bonds is 5. The van der Waals surface area contributed by atoms with Crippen LogP contribution in [0.3, 0.4) is 0 Å². The Balaban J connectivity index is 2.15. The highest BCUT2D eigenvalue weighted by Gasteiger charge is 2.23. The van der Waals surface area contributed by atoms with Crippen molar-refractivity contribution in [3.05, 3.63) is 49.8 Å². The van der Waals surface area contributed by atoms with Gasteiger partial charge in [-0.15, -0.1) is 11.3 Å². The summed E-state index contributed by atoms with van der Waals surface area (Å²) >= 11 is 13.0. The zero-order valence-electron chi connectivity index (χ0n) is 13.7. The third-order valence-electron chi connectivity index (χ3n) is 3.44. The summed E-state index contributed by atoms with van der Waals surface area (Å²) in [4.78, 5) is 36.7. The van der Waals surface area contributed by atoms with E-state index in [9.17, 15) is 14.4 Å². The Labute approximate surface area is 158 Å². The maximum Gasteiger partial charge on any atom is 0.341 e. The highest BCUT2D eigenvalue weighted by Crippen LogP contribution is 2.33. The van der Waals surface area contributed by atoms with Gasteiger partial charge in [0.2, 0.25) is 11.7 Å². The van der Waals surface area contributed by atoms with Crippen LogP contribution in [0, 0.1) is 13.8 Å². The molecule has 1 N–H and O–H groups in total. The van der Waals surface area contributed by atoms with Crippen LogP contribution in [0.25, 0.3) is 0 Å². The molecule has 0 atom stereocenters. The molecule has 0 saturated heterocycles. The average Bonchev–Trinajstić information content (AvgIpc) is 2.78. The topological polar surface area (TPSA) is 72.5 Å². The van der Waals surface area contributed by atoms with Crippen LogP contribution in [0.1, 0.15) is 38.1 Å². The van der Waals surface area contributed by atoms with Crippen LogP contribution in [0.5, 0.6) is 0 Å². The molecule has 0 aliphatic heterocycles. The van der Waals surface area contributed by atoms with E-state index in [-0.39, 0.29) is 22.1 Å². The number of aryl methyl sites for hydroxylation is 1. The third-order valence-corrected chi connectivity index (χ3v) is 5.12. The van der Waals surface area contributed by atoms with E-state index in [0.29, 0.717) is 15.6 Å². The van der Waals surface area contributed by atoms with Crippen LogP contribution in [0.15, 0.2) is 18.2 Å². The van der Waals surface area contributed by atoms with Crippen molar-refractivity contribution in [1.82, 2.24) is 0 Å². The van der Waals surface area contributed by atoms with Crippen molar-refractivity contribution in [3.63, 3.8) is 0 Å². The molecule has 0 bridgehead atoms. The second kappa shape index (κ2) is 7.99. The number of hydrogen-bond donors (Lipinski definition) is 1. The summed E-state index contributed by atoms with van der Waals surface area (Å²) in [6.07, 6.45) is 0. The van der Waals surface area contributed by atoms with E-state index in [1.54, 1.807) is 6.92 Å². The first-order valence-electron chi connectivity index (χ1n) is 7.23. The van der Waals surface area contributed by atoms with E-state index in [4.69, 9.17) is 27.9 Å². The molecule has 0 aliphatic rings. The van der Waals surface area contributed by atoms with Crippen molar-refractivity contribution in [2.45, 2.75) is 20.8 Å². The Morgan fingerprint density at radius 1 is 1.20 bits per heavy atom. The summed E-state index contributed by atoms with van der Waals surface area (Å²) in [7, 11) is 0. The number of ketones is 1. The first kappa shape index (κ1) is 19.4. The highest BCUT2D eigenvalue weighted by molar-refractivity contribution is 7.16. The van der Waals surface area contributed by atoms with Crippen molar-refractivity contribution >= 4 is 57.2 Å². The fraction of sp³-hybridized carbons (Fsp3) is 0.235. The molecule has 1 aromatic carbocycles. The monoisotopic (exact) mass is 399 g/mol. The Bertz CT molecular complexity index is 861. The molecule has 0 spiro atoms. The van der Waals surface area contributed by atoms with Crippen LogP contribution in [0.4, 0.5) is 5.00 Å². The molecular formula is C17H15Cl2NO4S. The van der Waals surface area contributed by atoms with Gasteiger partial charge in [-0.1, -0.05) is 23.2 Å². The lowest BCUT2D eigenvalue weighted by Crippen LogP contribution is -2.16. The maximum absolute atomic E-state index is 12.4. The molecule has 0 saturated carbocycles. The van der Waals surface area contributed by atoms with Crippen molar-refractivity contribution in [2.75, 3.05) is 11.9 Å². The summed E-state index contributed by atoms with van der Waals surface area (Å²) in [5.41, 5.74) is 1.18. The zero-order chi connectivity index (χ0) is 18.7. The largest absolute Gasteiger partial charge is 0.454 e. The van der Waals surface area contributed by atoms with Gasteiger partial charge in [-0.2, -0.15) is 0 Å². The lowest BCUT2D eigenvalue weighted by Gasteiger charge is -2.08. The lowest BCUT2D eigenvalue weighted by molar-refractivity contribution is -0.114. The number of esters is 1. The second-order valence-electron chi connectivity index (χ2n) is 5.29. The fourth-order valence-electron chi connectivity index (χ4n) is 2.12. The molecular weight excluding hydrogens is 385 g/mol. The van der Waals surface area contributed by atoms with Gasteiger partial charge in [-0.25, -0.2) is 4.79 Å². The van der Waals surface area contributed by atoms with E-state index in [1.165, 1.54) is 36.5 Å². The standard InChI is InChI=1S/C17H15Cl2NO4S/c1-8-9(2)25-16(20-10(3)21)15(8)17(23)24-7-14(22)12-5-4-11(18)6-13(12)19/h4-6H,7H2,1-3H3,(H,20,21). The van der Waals surface area contributed by atoms with Crippen molar-refractivity contribution in [3.8, 4) is 0 Å². The van der Waals surface area contributed by atoms with Crippen molar-refractivity contribution in [1.29, 1.82) is 0 Å². The Kier molecular flexibility index (Phi) is 6.21. The zero-order valence-corrected chi connectivity index (χ0v) is 16.1. The van der Waals surface area contributed by atoms with Gasteiger partial charge in [0, 0.05) is 22.4 Å². The molecule has 0 aliphatic carbocycles. The first-order valence-corrected chi connectivity index (χ1v) is 8.81. The molecule has 0 unspecified atom stereocenters. The third kappa shape index (κ3) is 4.60. The molecule has 5 nitrogen and oxygen atoms in total. The van der Waals surface area contributed by atoms with E-state index in [0.717, 1.165) is 4.88 Å². The molecule has 2 rings (SSSR count). The van der Waals surface area contributed by atoms with Gasteiger partial charge >= 0.3 is 5.97 Å². The average molecular weight is 400 g/mol. The first-order chi connectivity index (χ1) is 11.7. The number of hydrogen-bond acceptors (Lipinski definition) is 5. The smallest absolute Gasteiger partial charge is 0.341 e. The van der Waals surface area contributed by atoms with E-state index < -0.39 is 18.4 Å². The molecule has 8 heteroatoms. The quantitative estimate of drug-likeness (QED) is 0.585. The van der Waals surface area contributed by atoms with Gasteiger partial charge in [0.05, 0.1) is 10.6 Å². The van der Waals surface area contributed by atoms with E-state index in [1.807, 2.05) is 6.92 Å². The van der Waals surface area contributed by atoms with E-state index in [2.05, 4.69) is 5.32 Å². The van der Waals surface area contributed by atoms with Gasteiger partial charge in [-0.3, -0.25) is 9.59 Å². The number of amides is 1. The number of nitrogens with one attached hydrogen (secondary N) is 1. The Morgan fingerprint density at radius 3 is 2.48 bits per heavy atom. The summed E-state index contributed by atoms with van der Waals surface area (Å²) in [6, 6.07) is 4.45. The maximum atomic E-state index is 12.4. The molecule has 2 aromatic rings. The SMILES string of the molecule is CC(=O)Nc1sc(C)c(C)c1C(=O)OCC(=O)c1ccc(Cl)cc1Cl. The van der Waals surface area contributed by atoms with Crippen molar-refractivity contribution in [2.24, 2.45) is 0 Å². The van der Waals surface area contributed by atoms with Crippen LogP contribution < -0.4 is 5.32 Å². The van der Waals surface area contributed by atoms with Gasteiger partial charge < -0.3 is 10.1 Å². The number of carbonyl (C=O) groups excluding carboxylic acids is 3. The minimum Gasteiger partial charge on any atom is -0.454 e. The normalized spacial score (nSPS) is 10.4. The molecule has 1 heterocycles. The van der Waals surface area contributed by atoms with Crippen LogP contribution in [0.2, 0.25) is 10.0 Å². The van der Waals surface area contributed by atoms with Gasteiger partial charge in [0.15, 0.2) is 6.61 Å². The summed E-state index contributed by atoms with van der Waals surface area (Å²) in [5, 5.41) is 3.61. The molecule has 1 amide bonds. The summed E-state index contributed by atoms with van der Waals surface area (Å²) in [5.74, 6) is -1.41. The summed E-state index contributed by atoms with van der Waals surface area (Å²) in [6.45, 7) is 4.48. The molecule has 0 radical (unpaired) electrons. The lowest BCUT2D eigenvalue weighted by atomic mass is 10.1. The van der Waals surface area contributed by atoms with Crippen LogP contribution >= 0.6 is 34.5 Å². The molecule has 132 valence electrons. The predicted octanol–water partition coefficient (Wildman–Crippen LogP) is 4.67. The molecule has 1 aromatic heterocycles. The van der Waals surface area contributed by atoms with Gasteiger partial charge in [-0.05, 0) is 37.6 Å². The highest BCUT2D eigenvalue weighted by atomic mass is 35.5. The Hall–Kier alpha value is -1.89. The second-order valence-corrected chi connectivity index (χ2v) is 7.36. The number of ether oxygens (including phenoxy) is 1. The number of carbonyl (C=O) groups is 3. The predicted molar refractivity (Wildman–Crippen MR) is 99.2 cm³/mol. The van der Waals surface area contributed by atoms with Crippen LogP contribution in [-0.4, -0.2) is 24.3 Å². The van der Waals surface area contributed by atoms with E-state index >= 15 is 0 Å². The van der Waals surface area contributed by atoms with Gasteiger partial charge in [0.25, 0.3) is 0 Å². The number of halogens is 2. The number of benzene rings is 1. The minimum absolute atomic E-state index is 0.190. The van der Waals surface area contributed by atoms with Gasteiger partial charge in [0.1, 0.15) is 5.00 Å². The molecule has 25 heavy (non-hydrogen) atoms. The van der Waals surface area contributed by atoms with Crippen molar-refractivity contribution < 1.29 is 19.1 Å². The van der Waals surface area contributed by atoms with Crippen LogP contribution in [-0.2, 0) is 9.53 Å². The summed E-state index contributed by atoms with van der Waals surface area (Å²) < 4.78 is 5.12. The fourth-order valence-corrected chi connectivity index (χ4v) is 3.73. The number of thiophene rings is 1. The molecule has 0 fully saturated rings. The number of Topliss-reactive ketones (excluding diaryl/α,β-unsaturated/α-hetero) is 1.